The molecule has 1 aromatic heterocycles. The summed E-state index contributed by atoms with van der Waals surface area (Å²) in [6.07, 6.45) is 4.65. The van der Waals surface area contributed by atoms with Crippen LogP contribution in [0.25, 0.3) is 0 Å². The van der Waals surface area contributed by atoms with Gasteiger partial charge in [0, 0.05) is 30.9 Å². The first-order valence-corrected chi connectivity index (χ1v) is 12.0. The van der Waals surface area contributed by atoms with Gasteiger partial charge in [0.25, 0.3) is 0 Å². The third kappa shape index (κ3) is 7.31. The third-order valence-corrected chi connectivity index (χ3v) is 5.78. The summed E-state index contributed by atoms with van der Waals surface area (Å²) in [5.41, 5.74) is 6.21. The number of nitrogens with two attached hydrogens (primary N) is 1. The zero-order valence-electron chi connectivity index (χ0n) is 19.7. The summed E-state index contributed by atoms with van der Waals surface area (Å²) in [5.74, 6) is 3.67. The highest BCUT2D eigenvalue weighted by Crippen LogP contribution is 2.35. The first kappa shape index (κ1) is 24.2. The molecule has 1 aliphatic carbocycles. The van der Waals surface area contributed by atoms with Crippen LogP contribution in [0.1, 0.15) is 32.6 Å². The molecular formula is C23H35N7O4. The van der Waals surface area contributed by atoms with Crippen molar-refractivity contribution < 1.29 is 18.9 Å². The predicted octanol–water partition coefficient (Wildman–Crippen LogP) is 2.74. The normalized spacial score (nSPS) is 19.1. The van der Waals surface area contributed by atoms with Gasteiger partial charge in [-0.05, 0) is 43.7 Å². The minimum Gasteiger partial charge on any atom is -0.454 e. The van der Waals surface area contributed by atoms with Gasteiger partial charge in [0.2, 0.25) is 24.6 Å². The first-order valence-electron chi connectivity index (χ1n) is 12.0. The number of aromatic nitrogens is 3. The summed E-state index contributed by atoms with van der Waals surface area (Å²) in [6.45, 7) is 5.70. The molecule has 2 heterocycles. The van der Waals surface area contributed by atoms with E-state index >= 15 is 0 Å². The Morgan fingerprint density at radius 3 is 2.47 bits per heavy atom. The van der Waals surface area contributed by atoms with Crippen molar-refractivity contribution >= 4 is 23.5 Å². The molecule has 0 saturated heterocycles. The molecule has 186 valence electrons. The van der Waals surface area contributed by atoms with Gasteiger partial charge in [-0.3, -0.25) is 0 Å². The second-order valence-electron chi connectivity index (χ2n) is 8.54. The van der Waals surface area contributed by atoms with Crippen LogP contribution < -0.4 is 31.2 Å². The molecule has 0 unspecified atom stereocenters. The number of fused-ring (bicyclic) bond motifs is 1. The lowest BCUT2D eigenvalue weighted by Gasteiger charge is -2.27. The van der Waals surface area contributed by atoms with Crippen molar-refractivity contribution in [2.75, 3.05) is 62.3 Å². The van der Waals surface area contributed by atoms with Crippen LogP contribution >= 0.6 is 0 Å². The number of nitrogens with zero attached hydrogens (tertiary/aromatic N) is 3. The molecule has 5 N–H and O–H groups in total. The van der Waals surface area contributed by atoms with Crippen LogP contribution in [0.15, 0.2) is 18.2 Å². The number of rotatable bonds is 13. The Hall–Kier alpha value is -2.89. The molecule has 4 rings (SSSR count). The van der Waals surface area contributed by atoms with Gasteiger partial charge in [0.15, 0.2) is 11.5 Å². The summed E-state index contributed by atoms with van der Waals surface area (Å²) in [4.78, 5) is 13.7. The number of anilines is 4. The van der Waals surface area contributed by atoms with Gasteiger partial charge < -0.3 is 40.6 Å². The average Bonchev–Trinajstić information content (AvgIpc) is 3.30. The summed E-state index contributed by atoms with van der Waals surface area (Å²) in [7, 11) is 0. The number of ether oxygens (including phenoxy) is 4. The molecule has 11 heteroatoms. The fourth-order valence-electron chi connectivity index (χ4n) is 3.91. The molecule has 2 aromatic rings. The van der Waals surface area contributed by atoms with Crippen LogP contribution in [0.2, 0.25) is 0 Å². The molecule has 1 fully saturated rings. The zero-order valence-corrected chi connectivity index (χ0v) is 19.7. The Morgan fingerprint density at radius 2 is 1.65 bits per heavy atom. The van der Waals surface area contributed by atoms with E-state index in [1.54, 1.807) is 0 Å². The van der Waals surface area contributed by atoms with Gasteiger partial charge in [0.1, 0.15) is 0 Å². The molecular weight excluding hydrogens is 438 g/mol. The summed E-state index contributed by atoms with van der Waals surface area (Å²) in [6, 6.07) is 6.00. The van der Waals surface area contributed by atoms with Gasteiger partial charge in [-0.2, -0.15) is 15.0 Å². The van der Waals surface area contributed by atoms with E-state index in [1.165, 1.54) is 12.8 Å². The number of benzene rings is 1. The van der Waals surface area contributed by atoms with Crippen LogP contribution in [0, 0.1) is 5.92 Å². The minimum atomic E-state index is 0.230. The van der Waals surface area contributed by atoms with Gasteiger partial charge in [-0.25, -0.2) is 0 Å². The molecule has 1 aromatic carbocycles. The Balaban J connectivity index is 1.37. The topological polar surface area (TPSA) is 138 Å². The average molecular weight is 474 g/mol. The van der Waals surface area contributed by atoms with E-state index in [-0.39, 0.29) is 6.79 Å². The lowest BCUT2D eigenvalue weighted by atomic mass is 9.87. The zero-order chi connectivity index (χ0) is 23.6. The number of hydrogen-bond acceptors (Lipinski definition) is 11. The van der Waals surface area contributed by atoms with Crippen molar-refractivity contribution in [2.45, 2.75) is 38.6 Å². The molecule has 0 radical (unpaired) electrons. The van der Waals surface area contributed by atoms with Crippen molar-refractivity contribution in [1.29, 1.82) is 0 Å². The van der Waals surface area contributed by atoms with Crippen LogP contribution in [-0.4, -0.2) is 67.3 Å². The van der Waals surface area contributed by atoms with Gasteiger partial charge >= 0.3 is 0 Å². The number of nitrogens with one attached hydrogen (secondary N) is 3. The van der Waals surface area contributed by atoms with E-state index in [2.05, 4.69) is 37.8 Å². The van der Waals surface area contributed by atoms with E-state index < -0.39 is 0 Å². The fourth-order valence-corrected chi connectivity index (χ4v) is 3.91. The minimum absolute atomic E-state index is 0.230. The van der Waals surface area contributed by atoms with E-state index in [9.17, 15) is 0 Å². The molecule has 0 atom stereocenters. The van der Waals surface area contributed by atoms with Crippen molar-refractivity contribution in [1.82, 2.24) is 15.0 Å². The maximum Gasteiger partial charge on any atom is 0.233 e. The fraction of sp³-hybridized carbons (Fsp3) is 0.609. The second kappa shape index (κ2) is 12.5. The molecule has 1 saturated carbocycles. The SMILES string of the molecule is CC1CCC(Nc2nc(NCCOCCOCCN)nc(Nc3ccc4c(c3)OCO4)n2)CC1. The largest absolute Gasteiger partial charge is 0.454 e. The molecule has 0 amide bonds. The molecule has 11 nitrogen and oxygen atoms in total. The van der Waals surface area contributed by atoms with Crippen molar-refractivity contribution in [3.63, 3.8) is 0 Å². The Morgan fingerprint density at radius 1 is 0.912 bits per heavy atom. The first-order chi connectivity index (χ1) is 16.7. The Labute approximate surface area is 200 Å². The van der Waals surface area contributed by atoms with Crippen molar-refractivity contribution in [3.8, 4) is 11.5 Å². The molecule has 2 aliphatic rings. The van der Waals surface area contributed by atoms with Gasteiger partial charge in [0.05, 0.1) is 26.4 Å². The maximum absolute atomic E-state index is 5.58. The maximum atomic E-state index is 5.58. The van der Waals surface area contributed by atoms with Crippen LogP contribution in [-0.2, 0) is 9.47 Å². The monoisotopic (exact) mass is 473 g/mol. The highest BCUT2D eigenvalue weighted by molar-refractivity contribution is 5.61. The van der Waals surface area contributed by atoms with E-state index in [0.29, 0.717) is 69.2 Å². The van der Waals surface area contributed by atoms with Gasteiger partial charge in [-0.15, -0.1) is 0 Å². The number of hydrogen-bond donors (Lipinski definition) is 4. The third-order valence-electron chi connectivity index (χ3n) is 5.78. The summed E-state index contributed by atoms with van der Waals surface area (Å²) < 4.78 is 21.7. The van der Waals surface area contributed by atoms with Crippen molar-refractivity contribution in [2.24, 2.45) is 11.7 Å². The summed E-state index contributed by atoms with van der Waals surface area (Å²) >= 11 is 0. The molecule has 0 bridgehead atoms. The quantitative estimate of drug-likeness (QED) is 0.319. The van der Waals surface area contributed by atoms with Crippen molar-refractivity contribution in [3.05, 3.63) is 18.2 Å². The van der Waals surface area contributed by atoms with Gasteiger partial charge in [-0.1, -0.05) is 6.92 Å². The molecule has 1 aliphatic heterocycles. The molecule has 0 spiro atoms. The lowest BCUT2D eigenvalue weighted by molar-refractivity contribution is 0.0547. The van der Waals surface area contributed by atoms with Crippen LogP contribution in [0.3, 0.4) is 0 Å². The highest BCUT2D eigenvalue weighted by atomic mass is 16.7. The molecule has 34 heavy (non-hydrogen) atoms. The standard InChI is InChI=1S/C23H35N7O4/c1-16-2-4-17(5-3-16)26-22-28-21(25-9-11-32-13-12-31-10-8-24)29-23(30-22)27-18-6-7-19-20(14-18)34-15-33-19/h6-7,14,16-17H,2-5,8-13,15,24H2,1H3,(H3,25,26,27,28,29,30). The van der Waals surface area contributed by atoms with E-state index in [0.717, 1.165) is 30.2 Å². The van der Waals surface area contributed by atoms with Crippen LogP contribution in [0.4, 0.5) is 23.5 Å². The Kier molecular flexibility index (Phi) is 8.94. The van der Waals surface area contributed by atoms with E-state index in [1.807, 2.05) is 18.2 Å². The van der Waals surface area contributed by atoms with Crippen LogP contribution in [0.5, 0.6) is 11.5 Å². The second-order valence-corrected chi connectivity index (χ2v) is 8.54. The smallest absolute Gasteiger partial charge is 0.233 e. The predicted molar refractivity (Wildman–Crippen MR) is 130 cm³/mol. The summed E-state index contributed by atoms with van der Waals surface area (Å²) in [5, 5.41) is 9.97. The Bertz CT molecular complexity index is 909. The highest BCUT2D eigenvalue weighted by Gasteiger charge is 2.20. The lowest BCUT2D eigenvalue weighted by Crippen LogP contribution is -2.26. The van der Waals surface area contributed by atoms with E-state index in [4.69, 9.17) is 24.7 Å².